The van der Waals surface area contributed by atoms with Crippen molar-refractivity contribution in [3.63, 3.8) is 0 Å². The molecule has 2 rings (SSSR count). The second kappa shape index (κ2) is 4.91. The second-order valence-electron chi connectivity index (χ2n) is 5.67. The molecule has 0 saturated heterocycles. The van der Waals surface area contributed by atoms with Crippen LogP contribution in [-0.2, 0) is 4.79 Å². The summed E-state index contributed by atoms with van der Waals surface area (Å²) in [6.07, 6.45) is 3.60. The van der Waals surface area contributed by atoms with Crippen LogP contribution in [0.4, 0.5) is 5.82 Å². The smallest absolute Gasteiger partial charge is 0.242 e. The van der Waals surface area contributed by atoms with Crippen molar-refractivity contribution < 1.29 is 4.79 Å². The number of carbonyl (C=O) groups excluding carboxylic acids is 1. The Morgan fingerprint density at radius 2 is 2.11 bits per heavy atom. The van der Waals surface area contributed by atoms with Gasteiger partial charge in [0.05, 0.1) is 0 Å². The number of pyridine rings is 1. The van der Waals surface area contributed by atoms with E-state index in [0.29, 0.717) is 0 Å². The van der Waals surface area contributed by atoms with Crippen molar-refractivity contribution in [1.82, 2.24) is 14.7 Å². The number of hydrogen-bond acceptors (Lipinski definition) is 3. The summed E-state index contributed by atoms with van der Waals surface area (Å²) in [4.78, 5) is 16.3. The van der Waals surface area contributed by atoms with E-state index in [1.807, 2.05) is 56.5 Å². The number of nitrogens with zero attached hydrogens (tertiary/aromatic N) is 2. The van der Waals surface area contributed by atoms with Gasteiger partial charge in [0.15, 0.2) is 0 Å². The Morgan fingerprint density at radius 3 is 2.79 bits per heavy atom. The molecule has 1 amide bonds. The first kappa shape index (κ1) is 13.4. The third kappa shape index (κ3) is 3.24. The average Bonchev–Trinajstić information content (AvgIpc) is 2.75. The van der Waals surface area contributed by atoms with E-state index in [9.17, 15) is 4.79 Å². The van der Waals surface area contributed by atoms with Crippen molar-refractivity contribution >= 4 is 17.4 Å². The Labute approximate surface area is 113 Å². The van der Waals surface area contributed by atoms with E-state index >= 15 is 0 Å². The van der Waals surface area contributed by atoms with E-state index in [4.69, 9.17) is 0 Å². The number of aromatic nitrogens is 2. The van der Waals surface area contributed by atoms with Crippen LogP contribution in [0.5, 0.6) is 0 Å². The van der Waals surface area contributed by atoms with Crippen LogP contribution in [0.1, 0.15) is 27.7 Å². The molecule has 0 aromatic carbocycles. The van der Waals surface area contributed by atoms with E-state index in [2.05, 4.69) is 15.6 Å². The molecule has 5 nitrogen and oxygen atoms in total. The first-order valence-electron chi connectivity index (χ1n) is 6.37. The van der Waals surface area contributed by atoms with Gasteiger partial charge in [0.2, 0.25) is 5.91 Å². The van der Waals surface area contributed by atoms with Crippen LogP contribution in [0.3, 0.4) is 0 Å². The van der Waals surface area contributed by atoms with E-state index in [0.717, 1.165) is 11.5 Å². The van der Waals surface area contributed by atoms with Crippen LogP contribution < -0.4 is 10.6 Å². The van der Waals surface area contributed by atoms with Gasteiger partial charge in [0, 0.05) is 17.9 Å². The first-order valence-corrected chi connectivity index (χ1v) is 6.37. The van der Waals surface area contributed by atoms with Gasteiger partial charge in [-0.1, -0.05) is 6.07 Å². The van der Waals surface area contributed by atoms with E-state index in [-0.39, 0.29) is 17.5 Å². The van der Waals surface area contributed by atoms with Crippen LogP contribution in [0.15, 0.2) is 30.6 Å². The van der Waals surface area contributed by atoms with Gasteiger partial charge in [-0.3, -0.25) is 9.20 Å². The van der Waals surface area contributed by atoms with Crippen LogP contribution in [0.25, 0.3) is 5.65 Å². The zero-order chi connectivity index (χ0) is 14.0. The van der Waals surface area contributed by atoms with E-state index in [1.54, 1.807) is 6.20 Å². The number of carbonyl (C=O) groups is 1. The molecule has 2 aromatic heterocycles. The molecule has 1 atom stereocenters. The summed E-state index contributed by atoms with van der Waals surface area (Å²) in [6, 6.07) is 5.45. The summed E-state index contributed by atoms with van der Waals surface area (Å²) < 4.78 is 1.92. The van der Waals surface area contributed by atoms with Gasteiger partial charge in [-0.05, 0) is 39.8 Å². The molecule has 1 unspecified atom stereocenters. The third-order valence-electron chi connectivity index (χ3n) is 2.68. The van der Waals surface area contributed by atoms with Crippen molar-refractivity contribution in [3.05, 3.63) is 30.6 Å². The number of amides is 1. The number of anilines is 1. The summed E-state index contributed by atoms with van der Waals surface area (Å²) in [5, 5.41) is 6.16. The van der Waals surface area contributed by atoms with Gasteiger partial charge in [-0.2, -0.15) is 0 Å². The molecule has 0 fully saturated rings. The fourth-order valence-electron chi connectivity index (χ4n) is 1.83. The highest BCUT2D eigenvalue weighted by molar-refractivity contribution is 5.84. The minimum atomic E-state index is -0.313. The van der Waals surface area contributed by atoms with Crippen LogP contribution in [-0.4, -0.2) is 26.9 Å². The highest BCUT2D eigenvalue weighted by Crippen LogP contribution is 2.12. The monoisotopic (exact) mass is 260 g/mol. The standard InChI is InChI=1S/C14H20N4O/c1-10(13(19)17-14(2,3)4)16-12-7-5-6-11-15-8-9-18(11)12/h5-10,16H,1-4H3,(H,17,19). The Balaban J connectivity index is 2.12. The fraction of sp³-hybridized carbons (Fsp3) is 0.429. The number of nitrogens with one attached hydrogen (secondary N) is 2. The number of hydrogen-bond donors (Lipinski definition) is 2. The van der Waals surface area contributed by atoms with Gasteiger partial charge in [0.25, 0.3) is 0 Å². The van der Waals surface area contributed by atoms with Crippen molar-refractivity contribution in [3.8, 4) is 0 Å². The molecule has 0 radical (unpaired) electrons. The summed E-state index contributed by atoms with van der Waals surface area (Å²) in [5.41, 5.74) is 0.627. The second-order valence-corrected chi connectivity index (χ2v) is 5.67. The number of rotatable bonds is 3. The molecule has 0 aliphatic carbocycles. The molecule has 19 heavy (non-hydrogen) atoms. The van der Waals surface area contributed by atoms with Gasteiger partial charge in [0.1, 0.15) is 17.5 Å². The van der Waals surface area contributed by atoms with Gasteiger partial charge in [-0.15, -0.1) is 0 Å². The van der Waals surface area contributed by atoms with E-state index < -0.39 is 0 Å². The minimum Gasteiger partial charge on any atom is -0.360 e. The van der Waals surface area contributed by atoms with Gasteiger partial charge < -0.3 is 10.6 Å². The topological polar surface area (TPSA) is 58.4 Å². The highest BCUT2D eigenvalue weighted by atomic mass is 16.2. The Bertz CT molecular complexity index is 582. The van der Waals surface area contributed by atoms with Crippen molar-refractivity contribution in [2.75, 3.05) is 5.32 Å². The average molecular weight is 260 g/mol. The molecule has 0 saturated carbocycles. The summed E-state index contributed by atoms with van der Waals surface area (Å²) in [7, 11) is 0. The first-order chi connectivity index (χ1) is 8.87. The Morgan fingerprint density at radius 1 is 1.37 bits per heavy atom. The van der Waals surface area contributed by atoms with Crippen LogP contribution in [0.2, 0.25) is 0 Å². The molecule has 2 N–H and O–H groups in total. The molecule has 102 valence electrons. The molecule has 5 heteroatoms. The van der Waals surface area contributed by atoms with Crippen molar-refractivity contribution in [2.45, 2.75) is 39.3 Å². The Kier molecular flexibility index (Phi) is 3.46. The maximum absolute atomic E-state index is 12.0. The molecule has 2 heterocycles. The van der Waals surface area contributed by atoms with Gasteiger partial charge >= 0.3 is 0 Å². The summed E-state index contributed by atoms with van der Waals surface area (Å²) in [5.74, 6) is 0.830. The largest absolute Gasteiger partial charge is 0.360 e. The predicted molar refractivity (Wildman–Crippen MR) is 76.2 cm³/mol. The molecule has 0 aliphatic rings. The zero-order valence-electron chi connectivity index (χ0n) is 11.8. The van der Waals surface area contributed by atoms with Gasteiger partial charge in [-0.25, -0.2) is 4.98 Å². The number of imidazole rings is 1. The highest BCUT2D eigenvalue weighted by Gasteiger charge is 2.19. The molecular formula is C14H20N4O. The minimum absolute atomic E-state index is 0.0235. The van der Waals surface area contributed by atoms with E-state index in [1.165, 1.54) is 0 Å². The molecule has 0 spiro atoms. The van der Waals surface area contributed by atoms with Crippen molar-refractivity contribution in [1.29, 1.82) is 0 Å². The molecule has 0 bridgehead atoms. The molecular weight excluding hydrogens is 240 g/mol. The zero-order valence-corrected chi connectivity index (χ0v) is 11.8. The van der Waals surface area contributed by atoms with Crippen LogP contribution >= 0.6 is 0 Å². The van der Waals surface area contributed by atoms with Crippen molar-refractivity contribution in [2.24, 2.45) is 0 Å². The summed E-state index contributed by atoms with van der Waals surface area (Å²) >= 11 is 0. The third-order valence-corrected chi connectivity index (χ3v) is 2.68. The fourth-order valence-corrected chi connectivity index (χ4v) is 1.83. The molecule has 0 aliphatic heterocycles. The lowest BCUT2D eigenvalue weighted by Crippen LogP contribution is -2.47. The molecule has 2 aromatic rings. The lowest BCUT2D eigenvalue weighted by Gasteiger charge is -2.24. The Hall–Kier alpha value is -2.04. The predicted octanol–water partition coefficient (Wildman–Crippen LogP) is 2.05. The van der Waals surface area contributed by atoms with Crippen LogP contribution in [0, 0.1) is 0 Å². The lowest BCUT2D eigenvalue weighted by molar-refractivity contribution is -0.122. The lowest BCUT2D eigenvalue weighted by atomic mass is 10.1. The quantitative estimate of drug-likeness (QED) is 0.888. The number of fused-ring (bicyclic) bond motifs is 1. The normalized spacial score (nSPS) is 13.3. The summed E-state index contributed by atoms with van der Waals surface area (Å²) in [6.45, 7) is 7.74. The SMILES string of the molecule is CC(Nc1cccc2nccn12)C(=O)NC(C)(C)C. The maximum atomic E-state index is 12.0. The maximum Gasteiger partial charge on any atom is 0.242 e.